The van der Waals surface area contributed by atoms with Crippen LogP contribution in [0.2, 0.25) is 0 Å². The molecule has 1 aliphatic carbocycles. The van der Waals surface area contributed by atoms with Gasteiger partial charge in [0.2, 0.25) is 0 Å². The lowest BCUT2D eigenvalue weighted by atomic mass is 10.3. The fourth-order valence-corrected chi connectivity index (χ4v) is 2.23. The largest absolute Gasteiger partial charge is 0.328 e. The van der Waals surface area contributed by atoms with Gasteiger partial charge in [0, 0.05) is 18.3 Å². The van der Waals surface area contributed by atoms with Crippen LogP contribution in [0.1, 0.15) is 22.5 Å². The number of hydrogen-bond donors (Lipinski definition) is 1. The lowest BCUT2D eigenvalue weighted by Crippen LogP contribution is -2.35. The van der Waals surface area contributed by atoms with Crippen LogP contribution >= 0.6 is 15.9 Å². The topological polar surface area (TPSA) is 54.9 Å². The van der Waals surface area contributed by atoms with Crippen molar-refractivity contribution in [2.24, 2.45) is 7.05 Å². The molecule has 0 spiro atoms. The molecule has 0 fully saturated rings. The lowest BCUT2D eigenvalue weighted by Gasteiger charge is -2.03. The first-order chi connectivity index (χ1) is 6.11. The Balaban J connectivity index is 2.82. The summed E-state index contributed by atoms with van der Waals surface area (Å²) in [4.78, 5) is 25.6. The Morgan fingerprint density at radius 3 is 2.92 bits per heavy atom. The Bertz CT molecular complexity index is 460. The minimum Gasteiger partial charge on any atom is -0.310 e. The molecule has 0 amide bonds. The van der Waals surface area contributed by atoms with Crippen molar-refractivity contribution < 1.29 is 0 Å². The summed E-state index contributed by atoms with van der Waals surface area (Å²) in [5.41, 5.74) is 0.993. The van der Waals surface area contributed by atoms with Crippen molar-refractivity contribution in [3.05, 3.63) is 32.1 Å². The molecule has 1 heterocycles. The molecule has 2 rings (SSSR count). The maximum atomic E-state index is 11.5. The van der Waals surface area contributed by atoms with E-state index < -0.39 is 0 Å². The normalized spacial score (nSPS) is 20.3. The van der Waals surface area contributed by atoms with Crippen molar-refractivity contribution in [2.45, 2.75) is 17.7 Å². The molecule has 1 aromatic heterocycles. The van der Waals surface area contributed by atoms with E-state index in [9.17, 15) is 9.59 Å². The standard InChI is InChI=1S/C8H9BrN2O2/c1-11-7(12)4-2-3-5(9)6(4)10-8(11)13/h5H,2-3H2,1H3,(H,10,13). The van der Waals surface area contributed by atoms with Gasteiger partial charge < -0.3 is 4.98 Å². The van der Waals surface area contributed by atoms with Crippen LogP contribution in [0.25, 0.3) is 0 Å². The Morgan fingerprint density at radius 1 is 1.54 bits per heavy atom. The van der Waals surface area contributed by atoms with Crippen LogP contribution in [-0.4, -0.2) is 9.55 Å². The molecule has 0 aromatic carbocycles. The maximum absolute atomic E-state index is 11.5. The molecular weight excluding hydrogens is 236 g/mol. The van der Waals surface area contributed by atoms with Gasteiger partial charge in [-0.3, -0.25) is 9.36 Å². The van der Waals surface area contributed by atoms with Gasteiger partial charge in [-0.15, -0.1) is 0 Å². The molecule has 1 aromatic rings. The van der Waals surface area contributed by atoms with Gasteiger partial charge in [0.1, 0.15) is 0 Å². The summed E-state index contributed by atoms with van der Waals surface area (Å²) in [5, 5.41) is 0. The maximum Gasteiger partial charge on any atom is 0.328 e. The monoisotopic (exact) mass is 244 g/mol. The Hall–Kier alpha value is -0.840. The van der Waals surface area contributed by atoms with Gasteiger partial charge in [0.05, 0.1) is 4.83 Å². The van der Waals surface area contributed by atoms with Crippen LogP contribution in [0.4, 0.5) is 0 Å². The number of H-pyrrole nitrogens is 1. The van der Waals surface area contributed by atoms with Crippen LogP contribution in [0.5, 0.6) is 0 Å². The average Bonchev–Trinajstić information content (AvgIpc) is 2.45. The second-order valence-electron chi connectivity index (χ2n) is 3.19. The predicted molar refractivity (Wildman–Crippen MR) is 52.3 cm³/mol. The molecule has 4 nitrogen and oxygen atoms in total. The molecule has 0 saturated heterocycles. The number of nitrogens with one attached hydrogen (secondary N) is 1. The Kier molecular flexibility index (Phi) is 1.91. The first-order valence-corrected chi connectivity index (χ1v) is 4.99. The van der Waals surface area contributed by atoms with Gasteiger partial charge in [-0.2, -0.15) is 0 Å². The summed E-state index contributed by atoms with van der Waals surface area (Å²) in [7, 11) is 1.49. The first kappa shape index (κ1) is 8.74. The Labute approximate surface area is 82.7 Å². The van der Waals surface area contributed by atoms with E-state index >= 15 is 0 Å². The van der Waals surface area contributed by atoms with Crippen LogP contribution in [0.3, 0.4) is 0 Å². The average molecular weight is 245 g/mol. The molecule has 0 aliphatic heterocycles. The van der Waals surface area contributed by atoms with E-state index in [-0.39, 0.29) is 16.1 Å². The molecule has 5 heteroatoms. The highest BCUT2D eigenvalue weighted by Crippen LogP contribution is 2.33. The van der Waals surface area contributed by atoms with Crippen LogP contribution in [0.15, 0.2) is 9.59 Å². The van der Waals surface area contributed by atoms with E-state index in [1.54, 1.807) is 0 Å². The van der Waals surface area contributed by atoms with Crippen molar-refractivity contribution in [1.29, 1.82) is 0 Å². The summed E-state index contributed by atoms with van der Waals surface area (Å²) in [6, 6.07) is 0. The number of aromatic nitrogens is 2. The van der Waals surface area contributed by atoms with E-state index in [1.165, 1.54) is 7.05 Å². The van der Waals surface area contributed by atoms with Gasteiger partial charge in [-0.1, -0.05) is 15.9 Å². The van der Waals surface area contributed by atoms with E-state index in [4.69, 9.17) is 0 Å². The second-order valence-corrected chi connectivity index (χ2v) is 4.30. The molecule has 0 saturated carbocycles. The van der Waals surface area contributed by atoms with Gasteiger partial charge >= 0.3 is 5.69 Å². The smallest absolute Gasteiger partial charge is 0.310 e. The summed E-state index contributed by atoms with van der Waals surface area (Å²) < 4.78 is 1.11. The van der Waals surface area contributed by atoms with Crippen molar-refractivity contribution in [3.63, 3.8) is 0 Å². The van der Waals surface area contributed by atoms with Crippen molar-refractivity contribution in [1.82, 2.24) is 9.55 Å². The number of nitrogens with zero attached hydrogens (tertiary/aromatic N) is 1. The van der Waals surface area contributed by atoms with Gasteiger partial charge in [0.15, 0.2) is 0 Å². The third-order valence-electron chi connectivity index (χ3n) is 2.40. The Morgan fingerprint density at radius 2 is 2.23 bits per heavy atom. The summed E-state index contributed by atoms with van der Waals surface area (Å²) in [5.74, 6) is 0. The number of fused-ring (bicyclic) bond motifs is 1. The van der Waals surface area contributed by atoms with Gasteiger partial charge in [-0.05, 0) is 12.8 Å². The quantitative estimate of drug-likeness (QED) is 0.675. The second kappa shape index (κ2) is 2.83. The minimum atomic E-state index is -0.338. The van der Waals surface area contributed by atoms with Crippen molar-refractivity contribution >= 4 is 15.9 Å². The molecule has 0 bridgehead atoms. The van der Waals surface area contributed by atoms with Crippen molar-refractivity contribution in [2.75, 3.05) is 0 Å². The fourth-order valence-electron chi connectivity index (χ4n) is 1.61. The van der Waals surface area contributed by atoms with Gasteiger partial charge in [0.25, 0.3) is 5.56 Å². The molecule has 13 heavy (non-hydrogen) atoms. The fraction of sp³-hybridized carbons (Fsp3) is 0.500. The van der Waals surface area contributed by atoms with Crippen LogP contribution in [-0.2, 0) is 13.5 Å². The predicted octanol–water partition coefficient (Wildman–Crippen LogP) is 0.456. The molecule has 70 valence electrons. The molecule has 0 radical (unpaired) electrons. The highest BCUT2D eigenvalue weighted by molar-refractivity contribution is 9.09. The first-order valence-electron chi connectivity index (χ1n) is 4.07. The van der Waals surface area contributed by atoms with E-state index in [0.717, 1.165) is 28.7 Å². The molecule has 1 unspecified atom stereocenters. The zero-order valence-corrected chi connectivity index (χ0v) is 8.72. The summed E-state index contributed by atoms with van der Waals surface area (Å²) in [6.45, 7) is 0. The number of alkyl halides is 1. The number of hydrogen-bond acceptors (Lipinski definition) is 2. The van der Waals surface area contributed by atoms with Gasteiger partial charge in [-0.25, -0.2) is 4.79 Å². The zero-order chi connectivity index (χ0) is 9.59. The van der Waals surface area contributed by atoms with Crippen LogP contribution in [0, 0.1) is 0 Å². The van der Waals surface area contributed by atoms with E-state index in [2.05, 4.69) is 20.9 Å². The van der Waals surface area contributed by atoms with E-state index in [1.807, 2.05) is 0 Å². The lowest BCUT2D eigenvalue weighted by molar-refractivity contribution is 0.753. The third-order valence-corrected chi connectivity index (χ3v) is 3.31. The number of rotatable bonds is 0. The molecular formula is C8H9BrN2O2. The highest BCUT2D eigenvalue weighted by atomic mass is 79.9. The molecule has 1 aliphatic rings. The highest BCUT2D eigenvalue weighted by Gasteiger charge is 2.24. The third kappa shape index (κ3) is 1.18. The summed E-state index contributed by atoms with van der Waals surface area (Å²) >= 11 is 3.41. The van der Waals surface area contributed by atoms with Crippen LogP contribution < -0.4 is 11.2 Å². The molecule has 1 atom stereocenters. The number of halogens is 1. The van der Waals surface area contributed by atoms with Crippen molar-refractivity contribution in [3.8, 4) is 0 Å². The SMILES string of the molecule is Cn1c(=O)[nH]c2c(c1=O)CCC2Br. The minimum absolute atomic E-state index is 0.129. The molecule has 1 N–H and O–H groups in total. The number of aromatic amines is 1. The van der Waals surface area contributed by atoms with E-state index in [0.29, 0.717) is 0 Å². The zero-order valence-electron chi connectivity index (χ0n) is 7.13. The summed E-state index contributed by atoms with van der Waals surface area (Å²) in [6.07, 6.45) is 1.62.